The number of carbonyl (C=O) groups is 2. The molecule has 0 spiro atoms. The van der Waals surface area contributed by atoms with E-state index in [9.17, 15) is 14.0 Å². The molecule has 8 nitrogen and oxygen atoms in total. The Morgan fingerprint density at radius 3 is 2.67 bits per heavy atom. The topological polar surface area (TPSA) is 85.7 Å². The lowest BCUT2D eigenvalue weighted by Gasteiger charge is -2.25. The Balaban J connectivity index is 1.42. The van der Waals surface area contributed by atoms with Crippen LogP contribution in [0.4, 0.5) is 10.3 Å². The summed E-state index contributed by atoms with van der Waals surface area (Å²) < 4.78 is 27.1. The predicted octanol–water partition coefficient (Wildman–Crippen LogP) is 5.26. The number of nitrogens with zero attached hydrogens (tertiary/aromatic N) is 3. The smallest absolute Gasteiger partial charge is 0.254 e. The highest BCUT2D eigenvalue weighted by molar-refractivity contribution is 5.99. The number of amides is 2. The van der Waals surface area contributed by atoms with Gasteiger partial charge in [-0.2, -0.15) is 0 Å². The van der Waals surface area contributed by atoms with Crippen LogP contribution in [0.1, 0.15) is 28.8 Å². The fraction of sp³-hybridized carbons (Fsp3) is 0.258. The first-order valence-electron chi connectivity index (χ1n) is 13.2. The first kappa shape index (κ1) is 27.1. The van der Waals surface area contributed by atoms with Gasteiger partial charge in [-0.15, -0.1) is 0 Å². The number of hydrogen-bond acceptors (Lipinski definition) is 5. The van der Waals surface area contributed by atoms with E-state index in [4.69, 9.17) is 9.47 Å². The van der Waals surface area contributed by atoms with Gasteiger partial charge in [0.2, 0.25) is 11.9 Å². The Hall–Kier alpha value is -4.50. The van der Waals surface area contributed by atoms with Crippen molar-refractivity contribution in [3.63, 3.8) is 0 Å². The van der Waals surface area contributed by atoms with Crippen molar-refractivity contribution in [1.29, 1.82) is 0 Å². The van der Waals surface area contributed by atoms with Crippen LogP contribution in [0, 0.1) is 12.7 Å². The number of methoxy groups -OCH3 is 1. The summed E-state index contributed by atoms with van der Waals surface area (Å²) in [6.45, 7) is 2.37. The normalized spacial score (nSPS) is 14.6. The van der Waals surface area contributed by atoms with Crippen molar-refractivity contribution in [3.05, 3.63) is 95.9 Å². The van der Waals surface area contributed by atoms with Crippen LogP contribution < -0.4 is 10.1 Å². The van der Waals surface area contributed by atoms with E-state index in [0.717, 1.165) is 18.4 Å². The van der Waals surface area contributed by atoms with Gasteiger partial charge in [0.1, 0.15) is 18.1 Å². The molecule has 4 aromatic rings. The first-order valence-corrected chi connectivity index (χ1v) is 13.2. The number of carbonyl (C=O) groups excluding carboxylic acids is 2. The van der Waals surface area contributed by atoms with Crippen LogP contribution in [0.5, 0.6) is 5.75 Å². The second kappa shape index (κ2) is 12.1. The van der Waals surface area contributed by atoms with Gasteiger partial charge in [-0.25, -0.2) is 9.37 Å². The Morgan fingerprint density at radius 2 is 1.95 bits per heavy atom. The summed E-state index contributed by atoms with van der Waals surface area (Å²) in [6.07, 6.45) is 3.32. The van der Waals surface area contributed by atoms with Crippen LogP contribution in [0.25, 0.3) is 16.9 Å². The molecule has 1 aliphatic heterocycles. The lowest BCUT2D eigenvalue weighted by atomic mass is 10.1. The van der Waals surface area contributed by atoms with E-state index in [1.807, 2.05) is 30.3 Å². The van der Waals surface area contributed by atoms with Gasteiger partial charge in [-0.3, -0.25) is 19.5 Å². The summed E-state index contributed by atoms with van der Waals surface area (Å²) in [6, 6.07) is 21.2. The van der Waals surface area contributed by atoms with Crippen LogP contribution in [-0.2, 0) is 9.53 Å². The van der Waals surface area contributed by atoms with Crippen molar-refractivity contribution in [3.8, 4) is 22.7 Å². The maximum Gasteiger partial charge on any atom is 0.254 e. The van der Waals surface area contributed by atoms with Gasteiger partial charge in [-0.05, 0) is 55.7 Å². The maximum atomic E-state index is 14.5. The molecule has 1 saturated heterocycles. The SMILES string of the molecule is COc1cccc(C(=O)N(CC(=O)Nc2nc(-c3ccccc3)cn2-c2ccc(C)c(F)c2)C[C@H]2CCCO2)c1. The maximum absolute atomic E-state index is 14.5. The van der Waals surface area contributed by atoms with Crippen LogP contribution in [0.15, 0.2) is 79.0 Å². The highest BCUT2D eigenvalue weighted by Crippen LogP contribution is 2.25. The monoisotopic (exact) mass is 542 g/mol. The van der Waals surface area contributed by atoms with E-state index >= 15 is 0 Å². The van der Waals surface area contributed by atoms with Gasteiger partial charge in [0.05, 0.1) is 24.6 Å². The van der Waals surface area contributed by atoms with Gasteiger partial charge in [0.15, 0.2) is 0 Å². The van der Waals surface area contributed by atoms with E-state index in [-0.39, 0.29) is 36.9 Å². The number of rotatable bonds is 9. The zero-order valence-electron chi connectivity index (χ0n) is 22.5. The van der Waals surface area contributed by atoms with Crippen molar-refractivity contribution in [1.82, 2.24) is 14.5 Å². The standard InChI is InChI=1S/C31H31FN4O4/c1-21-13-14-24(17-27(21)32)36-19-28(22-8-4-3-5-9-22)33-31(36)34-29(37)20-35(18-26-12-7-15-40-26)30(38)23-10-6-11-25(16-23)39-2/h3-6,8-11,13-14,16-17,19,26H,7,12,15,18,20H2,1-2H3,(H,33,34,37)/t26-/m1/s1. The largest absolute Gasteiger partial charge is 0.497 e. The average Bonchev–Trinajstić information content (AvgIpc) is 3.64. The molecular weight excluding hydrogens is 511 g/mol. The molecular formula is C31H31FN4O4. The van der Waals surface area contributed by atoms with E-state index < -0.39 is 5.91 Å². The molecule has 1 fully saturated rings. The van der Waals surface area contributed by atoms with Crippen molar-refractivity contribution in [2.24, 2.45) is 0 Å². The summed E-state index contributed by atoms with van der Waals surface area (Å²) in [4.78, 5) is 33.0. The van der Waals surface area contributed by atoms with Gasteiger partial charge < -0.3 is 14.4 Å². The van der Waals surface area contributed by atoms with Crippen LogP contribution in [0.3, 0.4) is 0 Å². The molecule has 0 saturated carbocycles. The lowest BCUT2D eigenvalue weighted by molar-refractivity contribution is -0.117. The molecule has 3 aromatic carbocycles. The number of aryl methyl sites for hydroxylation is 1. The number of hydrogen-bond donors (Lipinski definition) is 1. The Labute approximate surface area is 232 Å². The van der Waals surface area contributed by atoms with E-state index in [1.54, 1.807) is 54.1 Å². The molecule has 40 heavy (non-hydrogen) atoms. The summed E-state index contributed by atoms with van der Waals surface area (Å²) in [5.74, 6) is -0.339. The molecule has 206 valence electrons. The molecule has 2 heterocycles. The number of anilines is 1. The fourth-order valence-corrected chi connectivity index (χ4v) is 4.67. The molecule has 0 radical (unpaired) electrons. The number of imidazole rings is 1. The molecule has 9 heteroatoms. The molecule has 2 amide bonds. The van der Waals surface area contributed by atoms with Gasteiger partial charge >= 0.3 is 0 Å². The molecule has 1 atom stereocenters. The average molecular weight is 543 g/mol. The van der Waals surface area contributed by atoms with E-state index in [1.165, 1.54) is 18.1 Å². The van der Waals surface area contributed by atoms with E-state index in [0.29, 0.717) is 34.9 Å². The quantitative estimate of drug-likeness (QED) is 0.312. The minimum Gasteiger partial charge on any atom is -0.497 e. The summed E-state index contributed by atoms with van der Waals surface area (Å²) >= 11 is 0. The van der Waals surface area contributed by atoms with Crippen molar-refractivity contribution in [2.75, 3.05) is 32.1 Å². The molecule has 0 unspecified atom stereocenters. The minimum atomic E-state index is -0.437. The van der Waals surface area contributed by atoms with Crippen LogP contribution in [-0.4, -0.2) is 59.2 Å². The fourth-order valence-electron chi connectivity index (χ4n) is 4.67. The highest BCUT2D eigenvalue weighted by atomic mass is 19.1. The first-order chi connectivity index (χ1) is 19.4. The molecule has 1 aromatic heterocycles. The van der Waals surface area contributed by atoms with Crippen LogP contribution >= 0.6 is 0 Å². The van der Waals surface area contributed by atoms with Crippen molar-refractivity contribution >= 4 is 17.8 Å². The summed E-state index contributed by atoms with van der Waals surface area (Å²) in [5, 5.41) is 2.85. The van der Waals surface area contributed by atoms with Crippen LogP contribution in [0.2, 0.25) is 0 Å². The number of ether oxygens (including phenoxy) is 2. The zero-order chi connectivity index (χ0) is 28.1. The predicted molar refractivity (Wildman–Crippen MR) is 150 cm³/mol. The number of aromatic nitrogens is 2. The Bertz CT molecular complexity index is 1500. The number of halogens is 1. The van der Waals surface area contributed by atoms with Gasteiger partial charge in [-0.1, -0.05) is 42.5 Å². The Kier molecular flexibility index (Phi) is 8.21. The summed E-state index contributed by atoms with van der Waals surface area (Å²) in [7, 11) is 1.53. The lowest BCUT2D eigenvalue weighted by Crippen LogP contribution is -2.42. The van der Waals surface area contributed by atoms with Gasteiger partial charge in [0.25, 0.3) is 5.91 Å². The molecule has 0 aliphatic carbocycles. The third-order valence-electron chi connectivity index (χ3n) is 6.85. The Morgan fingerprint density at radius 1 is 1.12 bits per heavy atom. The molecule has 0 bridgehead atoms. The second-order valence-corrected chi connectivity index (χ2v) is 9.72. The highest BCUT2D eigenvalue weighted by Gasteiger charge is 2.26. The zero-order valence-corrected chi connectivity index (χ0v) is 22.5. The molecule has 1 N–H and O–H groups in total. The third-order valence-corrected chi connectivity index (χ3v) is 6.85. The summed E-state index contributed by atoms with van der Waals surface area (Å²) in [5.41, 5.74) is 2.89. The molecule has 5 rings (SSSR count). The minimum absolute atomic E-state index is 0.149. The number of nitrogens with one attached hydrogen (secondary N) is 1. The van der Waals surface area contributed by atoms with Crippen molar-refractivity contribution < 1.29 is 23.5 Å². The second-order valence-electron chi connectivity index (χ2n) is 9.72. The van der Waals surface area contributed by atoms with E-state index in [2.05, 4.69) is 10.3 Å². The molecule has 1 aliphatic rings. The van der Waals surface area contributed by atoms with Gasteiger partial charge in [0, 0.05) is 30.5 Å². The number of benzene rings is 3. The van der Waals surface area contributed by atoms with Crippen molar-refractivity contribution in [2.45, 2.75) is 25.9 Å². The third kappa shape index (κ3) is 6.21.